The molecule has 0 spiro atoms. The average molecular weight is 240 g/mol. The Hall–Kier alpha value is -1.96. The molecule has 0 saturated carbocycles. The monoisotopic (exact) mass is 240 g/mol. The maximum atomic E-state index is 11.5. The van der Waals surface area contributed by atoms with Crippen LogP contribution in [-0.4, -0.2) is 50.9 Å². The number of nitrogens with one attached hydrogen (secondary N) is 2. The van der Waals surface area contributed by atoms with Gasteiger partial charge in [0.25, 0.3) is 5.91 Å². The fourth-order valence-electron chi connectivity index (χ4n) is 1.64. The summed E-state index contributed by atoms with van der Waals surface area (Å²) in [6, 6.07) is 0. The summed E-state index contributed by atoms with van der Waals surface area (Å²) in [6.45, 7) is 0.267. The fourth-order valence-corrected chi connectivity index (χ4v) is 1.64. The Morgan fingerprint density at radius 1 is 1.59 bits per heavy atom. The molecule has 0 radical (unpaired) electrons. The lowest BCUT2D eigenvalue weighted by Crippen LogP contribution is -2.33. The Labute approximate surface area is 96.4 Å². The van der Waals surface area contributed by atoms with Gasteiger partial charge in [0.15, 0.2) is 6.10 Å². The topological polar surface area (TPSA) is 117 Å². The number of ether oxygens (including phenoxy) is 1. The summed E-state index contributed by atoms with van der Waals surface area (Å²) in [6.07, 6.45) is 1.30. The molecule has 92 valence electrons. The van der Waals surface area contributed by atoms with Crippen molar-refractivity contribution in [1.29, 1.82) is 0 Å². The summed E-state index contributed by atoms with van der Waals surface area (Å²) in [4.78, 5) is 25.8. The van der Waals surface area contributed by atoms with Crippen LogP contribution in [0, 0.1) is 0 Å². The van der Waals surface area contributed by atoms with Crippen LogP contribution in [0.2, 0.25) is 0 Å². The molecular weight excluding hydrogens is 228 g/mol. The normalized spacial score (nSPS) is 23.5. The summed E-state index contributed by atoms with van der Waals surface area (Å²) >= 11 is 0. The number of carboxylic acid groups (broad SMARTS) is 1. The third kappa shape index (κ3) is 2.78. The fraction of sp³-hybridized carbons (Fsp3) is 0.556. The minimum Gasteiger partial charge on any atom is -0.479 e. The van der Waals surface area contributed by atoms with Gasteiger partial charge in [-0.3, -0.25) is 9.89 Å². The Bertz CT molecular complexity index is 405. The van der Waals surface area contributed by atoms with E-state index >= 15 is 0 Å². The number of carboxylic acids is 1. The molecule has 8 heteroatoms. The Kier molecular flexibility index (Phi) is 3.33. The van der Waals surface area contributed by atoms with Gasteiger partial charge < -0.3 is 15.2 Å². The summed E-state index contributed by atoms with van der Waals surface area (Å²) in [7, 11) is 0. The maximum Gasteiger partial charge on any atom is 0.332 e. The number of H-pyrrole nitrogens is 1. The van der Waals surface area contributed by atoms with Gasteiger partial charge in [-0.2, -0.15) is 5.10 Å². The molecule has 1 amide bonds. The Morgan fingerprint density at radius 2 is 2.41 bits per heavy atom. The van der Waals surface area contributed by atoms with E-state index in [0.29, 0.717) is 12.8 Å². The van der Waals surface area contributed by atoms with Crippen LogP contribution in [0.1, 0.15) is 23.5 Å². The standard InChI is InChI=1S/C9H12N4O4/c14-8(7-11-4-12-13-7)10-3-5-1-2-6(17-5)9(15)16/h4-6H,1-3H2,(H,10,14)(H,15,16)(H,11,12,13). The van der Waals surface area contributed by atoms with E-state index in [-0.39, 0.29) is 24.4 Å². The molecule has 0 aromatic carbocycles. The van der Waals surface area contributed by atoms with E-state index in [4.69, 9.17) is 9.84 Å². The number of nitrogens with zero attached hydrogens (tertiary/aromatic N) is 2. The second-order valence-electron chi connectivity index (χ2n) is 3.71. The molecule has 2 rings (SSSR count). The van der Waals surface area contributed by atoms with Crippen LogP contribution in [0.5, 0.6) is 0 Å². The molecular formula is C9H12N4O4. The van der Waals surface area contributed by atoms with Gasteiger partial charge in [0.2, 0.25) is 5.82 Å². The van der Waals surface area contributed by atoms with E-state index in [1.807, 2.05) is 0 Å². The third-order valence-electron chi connectivity index (χ3n) is 2.50. The van der Waals surface area contributed by atoms with Crippen molar-refractivity contribution in [1.82, 2.24) is 20.5 Å². The number of hydrogen-bond donors (Lipinski definition) is 3. The highest BCUT2D eigenvalue weighted by molar-refractivity contribution is 5.90. The minimum atomic E-state index is -0.964. The van der Waals surface area contributed by atoms with Gasteiger partial charge >= 0.3 is 5.97 Å². The highest BCUT2D eigenvalue weighted by Gasteiger charge is 2.30. The molecule has 0 aliphatic carbocycles. The number of hydrogen-bond acceptors (Lipinski definition) is 5. The van der Waals surface area contributed by atoms with Gasteiger partial charge in [-0.15, -0.1) is 0 Å². The van der Waals surface area contributed by atoms with E-state index in [9.17, 15) is 9.59 Å². The van der Waals surface area contributed by atoms with Crippen LogP contribution in [0.4, 0.5) is 0 Å². The highest BCUT2D eigenvalue weighted by Crippen LogP contribution is 2.19. The molecule has 2 unspecified atom stereocenters. The van der Waals surface area contributed by atoms with E-state index in [2.05, 4.69) is 20.5 Å². The minimum absolute atomic E-state index is 0.123. The average Bonchev–Trinajstić information content (AvgIpc) is 2.97. The number of carbonyl (C=O) groups is 2. The lowest BCUT2D eigenvalue weighted by Gasteiger charge is -2.11. The van der Waals surface area contributed by atoms with E-state index in [1.54, 1.807) is 0 Å². The lowest BCUT2D eigenvalue weighted by molar-refractivity contribution is -0.149. The van der Waals surface area contributed by atoms with Gasteiger partial charge in [-0.05, 0) is 12.8 Å². The van der Waals surface area contributed by atoms with E-state index < -0.39 is 12.1 Å². The predicted molar refractivity (Wildman–Crippen MR) is 54.2 cm³/mol. The first-order valence-electron chi connectivity index (χ1n) is 5.18. The van der Waals surface area contributed by atoms with E-state index in [0.717, 1.165) is 0 Å². The summed E-state index contributed by atoms with van der Waals surface area (Å²) < 4.78 is 5.23. The molecule has 8 nitrogen and oxygen atoms in total. The van der Waals surface area contributed by atoms with Crippen LogP contribution >= 0.6 is 0 Å². The number of carbonyl (C=O) groups excluding carboxylic acids is 1. The SMILES string of the molecule is O=C(NCC1CCC(C(=O)O)O1)c1ncn[nH]1. The second-order valence-corrected chi connectivity index (χ2v) is 3.71. The van der Waals surface area contributed by atoms with Crippen LogP contribution < -0.4 is 5.32 Å². The first kappa shape index (κ1) is 11.5. The molecule has 1 saturated heterocycles. The van der Waals surface area contributed by atoms with Crippen LogP contribution in [0.3, 0.4) is 0 Å². The molecule has 1 aromatic heterocycles. The number of rotatable bonds is 4. The zero-order chi connectivity index (χ0) is 12.3. The van der Waals surface area contributed by atoms with Gasteiger partial charge in [0.05, 0.1) is 6.10 Å². The smallest absolute Gasteiger partial charge is 0.332 e. The molecule has 1 aliphatic rings. The predicted octanol–water partition coefficient (Wildman–Crippen LogP) is -0.833. The van der Waals surface area contributed by atoms with Crippen molar-refractivity contribution in [3.8, 4) is 0 Å². The quantitative estimate of drug-likeness (QED) is 0.632. The van der Waals surface area contributed by atoms with Crippen molar-refractivity contribution in [3.05, 3.63) is 12.2 Å². The van der Waals surface area contributed by atoms with Crippen molar-refractivity contribution in [2.24, 2.45) is 0 Å². The number of amides is 1. The lowest BCUT2D eigenvalue weighted by atomic mass is 10.2. The van der Waals surface area contributed by atoms with Gasteiger partial charge in [-0.1, -0.05) is 0 Å². The summed E-state index contributed by atoms with van der Waals surface area (Å²) in [5, 5.41) is 17.3. The molecule has 17 heavy (non-hydrogen) atoms. The third-order valence-corrected chi connectivity index (χ3v) is 2.50. The van der Waals surface area contributed by atoms with Crippen molar-refractivity contribution < 1.29 is 19.4 Å². The van der Waals surface area contributed by atoms with Crippen LogP contribution in [0.15, 0.2) is 6.33 Å². The van der Waals surface area contributed by atoms with Gasteiger partial charge in [0.1, 0.15) is 6.33 Å². The maximum absolute atomic E-state index is 11.5. The molecule has 3 N–H and O–H groups in total. The van der Waals surface area contributed by atoms with Gasteiger partial charge in [-0.25, -0.2) is 9.78 Å². The molecule has 1 aliphatic heterocycles. The van der Waals surface area contributed by atoms with Gasteiger partial charge in [0, 0.05) is 6.54 Å². The van der Waals surface area contributed by atoms with Crippen LogP contribution in [-0.2, 0) is 9.53 Å². The highest BCUT2D eigenvalue weighted by atomic mass is 16.5. The number of aromatic amines is 1. The van der Waals surface area contributed by atoms with Crippen molar-refractivity contribution in [3.63, 3.8) is 0 Å². The zero-order valence-corrected chi connectivity index (χ0v) is 8.92. The molecule has 0 bridgehead atoms. The molecule has 2 atom stereocenters. The Balaban J connectivity index is 1.76. The van der Waals surface area contributed by atoms with Crippen molar-refractivity contribution in [2.75, 3.05) is 6.54 Å². The molecule has 2 heterocycles. The first-order chi connectivity index (χ1) is 8.16. The summed E-state index contributed by atoms with van der Waals surface area (Å²) in [5.41, 5.74) is 0. The van der Waals surface area contributed by atoms with Crippen molar-refractivity contribution >= 4 is 11.9 Å². The Morgan fingerprint density at radius 3 is 3.00 bits per heavy atom. The second kappa shape index (κ2) is 4.91. The first-order valence-corrected chi connectivity index (χ1v) is 5.18. The van der Waals surface area contributed by atoms with E-state index in [1.165, 1.54) is 6.33 Å². The zero-order valence-electron chi connectivity index (χ0n) is 8.92. The largest absolute Gasteiger partial charge is 0.479 e. The summed E-state index contributed by atoms with van der Waals surface area (Å²) in [5.74, 6) is -1.23. The number of aromatic nitrogens is 3. The van der Waals surface area contributed by atoms with Crippen LogP contribution in [0.25, 0.3) is 0 Å². The number of aliphatic carboxylic acids is 1. The van der Waals surface area contributed by atoms with Crippen molar-refractivity contribution in [2.45, 2.75) is 25.0 Å². The molecule has 1 fully saturated rings. The molecule has 1 aromatic rings.